The average molecular weight is 500 g/mol. The zero-order chi connectivity index (χ0) is 22.2. The van der Waals surface area contributed by atoms with E-state index in [4.69, 9.17) is 11.6 Å². The van der Waals surface area contributed by atoms with Crippen LogP contribution in [0.15, 0.2) is 82.4 Å². The fraction of sp³-hybridized carbons (Fsp3) is 0. The van der Waals surface area contributed by atoms with Crippen LogP contribution in [0.25, 0.3) is 0 Å². The molecule has 0 bridgehead atoms. The Kier molecular flexibility index (Phi) is 7.53. The Morgan fingerprint density at radius 2 is 1.52 bits per heavy atom. The highest BCUT2D eigenvalue weighted by atomic mass is 79.9. The molecule has 3 aromatic rings. The van der Waals surface area contributed by atoms with E-state index in [2.05, 4.69) is 37.1 Å². The summed E-state index contributed by atoms with van der Waals surface area (Å²) in [4.78, 5) is 36.9. The Balaban J connectivity index is 1.64. The summed E-state index contributed by atoms with van der Waals surface area (Å²) in [6.07, 6.45) is 1.33. The van der Waals surface area contributed by atoms with Gasteiger partial charge >= 0.3 is 11.8 Å². The molecule has 0 spiro atoms. The van der Waals surface area contributed by atoms with Gasteiger partial charge in [-0.1, -0.05) is 57.9 Å². The summed E-state index contributed by atoms with van der Waals surface area (Å²) in [7, 11) is 0. The number of rotatable bonds is 5. The molecule has 3 rings (SSSR count). The molecule has 0 heterocycles. The lowest BCUT2D eigenvalue weighted by Crippen LogP contribution is -2.33. The number of carbonyl (C=O) groups is 3. The van der Waals surface area contributed by atoms with Crippen LogP contribution in [0.5, 0.6) is 0 Å². The second kappa shape index (κ2) is 10.5. The number of hydrogen-bond acceptors (Lipinski definition) is 4. The van der Waals surface area contributed by atoms with E-state index in [9.17, 15) is 14.4 Å². The van der Waals surface area contributed by atoms with Gasteiger partial charge in [0, 0.05) is 20.7 Å². The van der Waals surface area contributed by atoms with Gasteiger partial charge in [-0.3, -0.25) is 14.4 Å². The predicted octanol–water partition coefficient (Wildman–Crippen LogP) is 4.44. The van der Waals surface area contributed by atoms with E-state index in [1.807, 2.05) is 0 Å². The van der Waals surface area contributed by atoms with Gasteiger partial charge in [0.05, 0.1) is 17.5 Å². The maximum absolute atomic E-state index is 12.6. The number of benzene rings is 3. The monoisotopic (exact) mass is 498 g/mol. The first kappa shape index (κ1) is 22.2. The third kappa shape index (κ3) is 6.24. The molecule has 7 nitrogen and oxygen atoms in total. The number of hydrazone groups is 1. The summed E-state index contributed by atoms with van der Waals surface area (Å²) in [6.45, 7) is 0. The van der Waals surface area contributed by atoms with Crippen molar-refractivity contribution < 1.29 is 14.4 Å². The standard InChI is InChI=1S/C22H16BrClN4O3/c23-15-9-11-16(12-10-15)26-20(29)17-6-2-4-8-19(17)27-21(30)22(31)28-25-13-14-5-1-3-7-18(14)24/h1-13H,(H,26,29)(H,27,30)(H,28,31)/b25-13-. The minimum absolute atomic E-state index is 0.187. The Morgan fingerprint density at radius 1 is 0.839 bits per heavy atom. The van der Waals surface area contributed by atoms with Crippen LogP contribution in [-0.4, -0.2) is 23.9 Å². The predicted molar refractivity (Wildman–Crippen MR) is 124 cm³/mol. The first-order valence-electron chi connectivity index (χ1n) is 8.99. The molecular formula is C22H16BrClN4O3. The zero-order valence-corrected chi connectivity index (χ0v) is 18.3. The molecule has 0 radical (unpaired) electrons. The van der Waals surface area contributed by atoms with Gasteiger partial charge in [-0.15, -0.1) is 0 Å². The van der Waals surface area contributed by atoms with Crippen LogP contribution in [0.1, 0.15) is 15.9 Å². The number of carbonyl (C=O) groups excluding carboxylic acids is 3. The highest BCUT2D eigenvalue weighted by Gasteiger charge is 2.17. The lowest BCUT2D eigenvalue weighted by Gasteiger charge is -2.11. The van der Waals surface area contributed by atoms with Gasteiger partial charge in [0.25, 0.3) is 5.91 Å². The molecule has 0 aliphatic heterocycles. The van der Waals surface area contributed by atoms with Crippen molar-refractivity contribution in [2.24, 2.45) is 5.10 Å². The van der Waals surface area contributed by atoms with Crippen molar-refractivity contribution in [3.8, 4) is 0 Å². The van der Waals surface area contributed by atoms with E-state index in [1.54, 1.807) is 60.7 Å². The SMILES string of the molecule is O=C(N/N=C\c1ccccc1Cl)C(=O)Nc1ccccc1C(=O)Nc1ccc(Br)cc1. The molecule has 0 atom stereocenters. The second-order valence-corrected chi connectivity index (χ2v) is 7.50. The number of amides is 3. The molecule has 3 N–H and O–H groups in total. The maximum atomic E-state index is 12.6. The average Bonchev–Trinajstić information content (AvgIpc) is 2.77. The third-order valence-corrected chi connectivity index (χ3v) is 4.88. The maximum Gasteiger partial charge on any atom is 0.329 e. The summed E-state index contributed by atoms with van der Waals surface area (Å²) in [5.74, 6) is -2.40. The van der Waals surface area contributed by atoms with Gasteiger partial charge in [0.1, 0.15) is 0 Å². The molecule has 3 amide bonds. The van der Waals surface area contributed by atoms with Crippen LogP contribution in [0, 0.1) is 0 Å². The van der Waals surface area contributed by atoms with Gasteiger partial charge in [0.15, 0.2) is 0 Å². The highest BCUT2D eigenvalue weighted by Crippen LogP contribution is 2.19. The van der Waals surface area contributed by atoms with Crippen molar-refractivity contribution >= 4 is 62.8 Å². The molecular weight excluding hydrogens is 484 g/mol. The Morgan fingerprint density at radius 3 is 2.26 bits per heavy atom. The largest absolute Gasteiger partial charge is 0.329 e. The molecule has 31 heavy (non-hydrogen) atoms. The number of halogens is 2. The first-order valence-corrected chi connectivity index (χ1v) is 10.2. The second-order valence-electron chi connectivity index (χ2n) is 6.18. The minimum Gasteiger partial charge on any atom is -0.322 e. The fourth-order valence-corrected chi connectivity index (χ4v) is 2.94. The summed E-state index contributed by atoms with van der Waals surface area (Å²) >= 11 is 9.33. The summed E-state index contributed by atoms with van der Waals surface area (Å²) in [5, 5.41) is 9.35. The summed E-state index contributed by atoms with van der Waals surface area (Å²) in [6, 6.07) is 20.3. The smallest absolute Gasteiger partial charge is 0.322 e. The molecule has 0 aliphatic carbocycles. The van der Waals surface area contributed by atoms with Crippen molar-refractivity contribution in [1.82, 2.24) is 5.43 Å². The van der Waals surface area contributed by atoms with Crippen molar-refractivity contribution in [1.29, 1.82) is 0 Å². The lowest BCUT2D eigenvalue weighted by atomic mass is 10.1. The minimum atomic E-state index is -0.994. The lowest BCUT2D eigenvalue weighted by molar-refractivity contribution is -0.136. The fourth-order valence-electron chi connectivity index (χ4n) is 2.49. The van der Waals surface area contributed by atoms with Crippen LogP contribution in [0.2, 0.25) is 5.02 Å². The van der Waals surface area contributed by atoms with Crippen molar-refractivity contribution in [2.45, 2.75) is 0 Å². The van der Waals surface area contributed by atoms with E-state index in [0.717, 1.165) is 4.47 Å². The number of nitrogens with one attached hydrogen (secondary N) is 3. The molecule has 0 aliphatic rings. The van der Waals surface area contributed by atoms with Crippen LogP contribution in [0.4, 0.5) is 11.4 Å². The molecule has 0 aromatic heterocycles. The molecule has 0 saturated carbocycles. The normalized spacial score (nSPS) is 10.5. The Hall–Kier alpha value is -3.49. The molecule has 0 unspecified atom stereocenters. The molecule has 3 aromatic carbocycles. The van der Waals surface area contributed by atoms with Crippen molar-refractivity contribution in [3.05, 3.63) is 93.4 Å². The van der Waals surface area contributed by atoms with E-state index >= 15 is 0 Å². The Labute approximate surface area is 191 Å². The topological polar surface area (TPSA) is 99.7 Å². The number of hydrogen-bond donors (Lipinski definition) is 3. The van der Waals surface area contributed by atoms with Crippen LogP contribution in [-0.2, 0) is 9.59 Å². The Bertz CT molecular complexity index is 1150. The molecule has 156 valence electrons. The van der Waals surface area contributed by atoms with Gasteiger partial charge in [-0.25, -0.2) is 5.43 Å². The molecule has 0 fully saturated rings. The van der Waals surface area contributed by atoms with Crippen LogP contribution in [0.3, 0.4) is 0 Å². The van der Waals surface area contributed by atoms with Crippen LogP contribution < -0.4 is 16.1 Å². The first-order chi connectivity index (χ1) is 14.9. The van der Waals surface area contributed by atoms with Gasteiger partial charge in [-0.05, 0) is 42.5 Å². The molecule has 0 saturated heterocycles. The van der Waals surface area contributed by atoms with Gasteiger partial charge in [0.2, 0.25) is 0 Å². The van der Waals surface area contributed by atoms with E-state index in [1.165, 1.54) is 18.3 Å². The number of nitrogens with zero attached hydrogens (tertiary/aromatic N) is 1. The highest BCUT2D eigenvalue weighted by molar-refractivity contribution is 9.10. The number of anilines is 2. The van der Waals surface area contributed by atoms with E-state index in [0.29, 0.717) is 16.3 Å². The molecule has 9 heteroatoms. The van der Waals surface area contributed by atoms with E-state index < -0.39 is 17.7 Å². The third-order valence-electron chi connectivity index (χ3n) is 4.00. The van der Waals surface area contributed by atoms with Gasteiger partial charge in [-0.2, -0.15) is 5.10 Å². The number of para-hydroxylation sites is 1. The van der Waals surface area contributed by atoms with Crippen molar-refractivity contribution in [2.75, 3.05) is 10.6 Å². The van der Waals surface area contributed by atoms with Crippen LogP contribution >= 0.6 is 27.5 Å². The quantitative estimate of drug-likeness (QED) is 0.275. The summed E-state index contributed by atoms with van der Waals surface area (Å²) < 4.78 is 0.876. The van der Waals surface area contributed by atoms with Crippen molar-refractivity contribution in [3.63, 3.8) is 0 Å². The summed E-state index contributed by atoms with van der Waals surface area (Å²) in [5.41, 5.74) is 3.68. The zero-order valence-electron chi connectivity index (χ0n) is 15.9. The van der Waals surface area contributed by atoms with E-state index in [-0.39, 0.29) is 11.3 Å². The van der Waals surface area contributed by atoms with Gasteiger partial charge < -0.3 is 10.6 Å².